The van der Waals surface area contributed by atoms with Gasteiger partial charge in [-0.3, -0.25) is 28.0 Å². The molecule has 0 amide bonds. The number of esters is 2. The van der Waals surface area contributed by atoms with Gasteiger partial charge in [-0.15, -0.1) is 0 Å². The molecule has 1 fully saturated rings. The largest absolute Gasteiger partial charge is 0.446 e. The molecule has 0 bridgehead atoms. The predicted molar refractivity (Wildman–Crippen MR) is 136 cm³/mol. The van der Waals surface area contributed by atoms with Crippen LogP contribution in [0.1, 0.15) is 70.5 Å². The minimum atomic E-state index is -4.30. The lowest BCUT2D eigenvalue weighted by atomic mass is 9.81. The number of Topliss-reactive ketones (excluding diaryl/α,β-unsaturated/α-hetero) is 1. The van der Waals surface area contributed by atoms with Crippen LogP contribution in [-0.2, 0) is 32.7 Å². The summed E-state index contributed by atoms with van der Waals surface area (Å²) in [7, 11) is -4.30. The molecule has 11 nitrogen and oxygen atoms in total. The molecule has 204 valence electrons. The van der Waals surface area contributed by atoms with Crippen LogP contribution in [0, 0.1) is 16.7 Å². The van der Waals surface area contributed by atoms with Gasteiger partial charge in [0, 0.05) is 5.92 Å². The number of hydrogen-bond donors (Lipinski definition) is 1. The van der Waals surface area contributed by atoms with Crippen LogP contribution < -0.4 is 11.2 Å². The molecule has 0 aromatic carbocycles. The predicted octanol–water partition coefficient (Wildman–Crippen LogP) is 4.91. The Hall–Kier alpha value is -2.53. The van der Waals surface area contributed by atoms with E-state index in [2.05, 4.69) is 4.98 Å². The number of nitrogen functional groups attached to an aromatic ring is 1. The Bertz CT molecular complexity index is 1170. The Labute approximate surface area is 219 Å². The second-order valence-corrected chi connectivity index (χ2v) is 13.7. The maximum absolute atomic E-state index is 13.7. The number of nitrogens with zero attached hydrogens (tertiary/aromatic N) is 1. The van der Waals surface area contributed by atoms with E-state index in [9.17, 15) is 18.9 Å². The van der Waals surface area contributed by atoms with E-state index in [0.29, 0.717) is 4.88 Å². The highest BCUT2D eigenvalue weighted by Crippen LogP contribution is 2.48. The van der Waals surface area contributed by atoms with Gasteiger partial charge in [0.1, 0.15) is 10.6 Å². The molecular weight excluding hydrogens is 523 g/mol. The number of ether oxygens (including phenoxy) is 2. The Kier molecular flexibility index (Phi) is 8.68. The van der Waals surface area contributed by atoms with Crippen molar-refractivity contribution in [2.24, 2.45) is 16.7 Å². The molecule has 37 heavy (non-hydrogen) atoms. The van der Waals surface area contributed by atoms with Crippen molar-refractivity contribution in [3.63, 3.8) is 0 Å². The van der Waals surface area contributed by atoms with Crippen molar-refractivity contribution in [3.05, 3.63) is 17.0 Å². The van der Waals surface area contributed by atoms with E-state index in [0.717, 1.165) is 30.6 Å². The van der Waals surface area contributed by atoms with Crippen molar-refractivity contribution in [1.29, 1.82) is 0 Å². The summed E-state index contributed by atoms with van der Waals surface area (Å²) in [5.41, 5.74) is 4.22. The summed E-state index contributed by atoms with van der Waals surface area (Å²) < 4.78 is 40.2. The minimum absolute atomic E-state index is 0.0627. The molecule has 3 rings (SSSR count). The Morgan fingerprint density at radius 1 is 1.03 bits per heavy atom. The van der Waals surface area contributed by atoms with Crippen LogP contribution in [0.2, 0.25) is 0 Å². The first-order chi connectivity index (χ1) is 17.1. The van der Waals surface area contributed by atoms with E-state index < -0.39 is 44.0 Å². The molecule has 2 aromatic heterocycles. The van der Waals surface area contributed by atoms with Gasteiger partial charge in [-0.05, 0) is 66.5 Å². The molecule has 0 atom stereocenters. The first kappa shape index (κ1) is 29.0. The van der Waals surface area contributed by atoms with Gasteiger partial charge in [0.15, 0.2) is 16.7 Å². The molecule has 13 heteroatoms. The quantitative estimate of drug-likeness (QED) is 0.183. The van der Waals surface area contributed by atoms with Crippen molar-refractivity contribution < 1.29 is 41.9 Å². The maximum atomic E-state index is 13.7. The number of ketones is 1. The zero-order chi connectivity index (χ0) is 27.6. The van der Waals surface area contributed by atoms with Gasteiger partial charge in [-0.2, -0.15) is 0 Å². The number of carbonyl (C=O) groups is 3. The molecule has 1 aliphatic carbocycles. The monoisotopic (exact) mass is 556 g/mol. The summed E-state index contributed by atoms with van der Waals surface area (Å²) in [4.78, 5) is 41.7. The summed E-state index contributed by atoms with van der Waals surface area (Å²) in [5, 5.41) is 0.189. The molecule has 0 saturated heterocycles. The highest BCUT2D eigenvalue weighted by molar-refractivity contribution is 7.61. The minimum Gasteiger partial charge on any atom is -0.446 e. The average Bonchev–Trinajstić information content (AvgIpc) is 3.38. The smallest absolute Gasteiger partial charge is 0.402 e. The Morgan fingerprint density at radius 3 is 2.03 bits per heavy atom. The van der Waals surface area contributed by atoms with E-state index in [1.54, 1.807) is 41.5 Å². The van der Waals surface area contributed by atoms with Gasteiger partial charge in [-0.25, -0.2) is 4.98 Å². The van der Waals surface area contributed by atoms with Gasteiger partial charge >= 0.3 is 19.5 Å². The van der Waals surface area contributed by atoms with Gasteiger partial charge < -0.3 is 19.6 Å². The summed E-state index contributed by atoms with van der Waals surface area (Å²) in [6.45, 7) is 8.50. The summed E-state index contributed by atoms with van der Waals surface area (Å²) in [5.74, 6) is -1.18. The van der Waals surface area contributed by atoms with Gasteiger partial charge in [-0.1, -0.05) is 17.8 Å². The van der Waals surface area contributed by atoms with E-state index in [1.165, 1.54) is 12.1 Å². The number of hydrogen-bond acceptors (Lipinski definition) is 12. The second kappa shape index (κ2) is 11.1. The van der Waals surface area contributed by atoms with Gasteiger partial charge in [0.25, 0.3) is 0 Å². The second-order valence-electron chi connectivity index (χ2n) is 10.7. The molecular formula is C24H33N2O9PS. The van der Waals surface area contributed by atoms with Crippen molar-refractivity contribution >= 4 is 47.3 Å². The van der Waals surface area contributed by atoms with Gasteiger partial charge in [0.2, 0.25) is 19.1 Å². The van der Waals surface area contributed by atoms with E-state index >= 15 is 0 Å². The number of nitrogens with two attached hydrogens (primary N) is 1. The fourth-order valence-corrected chi connectivity index (χ4v) is 5.06. The Balaban J connectivity index is 1.83. The maximum Gasteiger partial charge on any atom is 0.402 e. The van der Waals surface area contributed by atoms with Crippen LogP contribution in [0.15, 0.2) is 16.5 Å². The first-order valence-electron chi connectivity index (χ1n) is 11.8. The summed E-state index contributed by atoms with van der Waals surface area (Å²) in [6.07, 6.45) is 2.59. The molecule has 0 unspecified atom stereocenters. The average molecular weight is 557 g/mol. The number of anilines is 1. The van der Waals surface area contributed by atoms with Crippen molar-refractivity contribution in [1.82, 2.24) is 4.98 Å². The number of rotatable bonds is 10. The number of carbonyl (C=O) groups excluding carboxylic acids is 3. The molecule has 2 aromatic rings. The fraction of sp³-hybridized carbons (Fsp3) is 0.583. The van der Waals surface area contributed by atoms with Crippen LogP contribution in [0.25, 0.3) is 11.5 Å². The van der Waals surface area contributed by atoms with Crippen molar-refractivity contribution in [2.75, 3.05) is 19.3 Å². The van der Waals surface area contributed by atoms with Gasteiger partial charge in [0.05, 0.1) is 10.8 Å². The van der Waals surface area contributed by atoms with Crippen LogP contribution in [0.5, 0.6) is 0 Å². The third-order valence-corrected chi connectivity index (χ3v) is 8.06. The number of thiazole rings is 1. The first-order valence-corrected chi connectivity index (χ1v) is 14.1. The zero-order valence-electron chi connectivity index (χ0n) is 21.8. The standard InChI is InChI=1S/C24H33N2O9PS/c1-23(2,3)20(28)31-12-33-36(30,34-13-32-21(29)24(4,5)6)16-11-10-15(35-16)17-19(37-22(25)26-17)18(27)14-8-7-9-14/h10-11,14H,7-9,12-13H2,1-6H3,(H2,25,26). The zero-order valence-corrected chi connectivity index (χ0v) is 23.5. The van der Waals surface area contributed by atoms with Crippen molar-refractivity contribution in [3.8, 4) is 11.5 Å². The lowest BCUT2D eigenvalue weighted by Crippen LogP contribution is -2.25. The summed E-state index contributed by atoms with van der Waals surface area (Å²) in [6, 6.07) is 2.80. The van der Waals surface area contributed by atoms with E-state index in [1.807, 2.05) is 0 Å². The molecule has 0 spiro atoms. The molecule has 1 aliphatic rings. The topological polar surface area (TPSA) is 157 Å². The van der Waals surface area contributed by atoms with Crippen LogP contribution in [-0.4, -0.2) is 36.3 Å². The van der Waals surface area contributed by atoms with Crippen molar-refractivity contribution in [2.45, 2.75) is 60.8 Å². The highest BCUT2D eigenvalue weighted by Gasteiger charge is 2.36. The van der Waals surface area contributed by atoms with Crippen LogP contribution >= 0.6 is 18.9 Å². The molecule has 0 radical (unpaired) electrons. The molecule has 2 heterocycles. The third-order valence-electron chi connectivity index (χ3n) is 5.49. The highest BCUT2D eigenvalue weighted by atomic mass is 32.1. The lowest BCUT2D eigenvalue weighted by Gasteiger charge is -2.23. The van der Waals surface area contributed by atoms with E-state index in [4.69, 9.17) is 28.7 Å². The molecule has 2 N–H and O–H groups in total. The van der Waals surface area contributed by atoms with Crippen LogP contribution in [0.3, 0.4) is 0 Å². The molecule has 1 saturated carbocycles. The van der Waals surface area contributed by atoms with E-state index in [-0.39, 0.29) is 33.8 Å². The number of aromatic nitrogens is 1. The normalized spacial score (nSPS) is 14.8. The number of furan rings is 1. The molecule has 0 aliphatic heterocycles. The fourth-order valence-electron chi connectivity index (χ4n) is 3.02. The Morgan fingerprint density at radius 2 is 1.57 bits per heavy atom. The summed E-state index contributed by atoms with van der Waals surface area (Å²) >= 11 is 1.06. The third kappa shape index (κ3) is 7.07. The lowest BCUT2D eigenvalue weighted by molar-refractivity contribution is -0.161. The SMILES string of the molecule is CC(C)(C)C(=O)OCOP(=O)(OCOC(=O)C(C)(C)C)c1ccc(-c2nc(N)sc2C(=O)C2CCC2)o1. The van der Waals surface area contributed by atoms with Crippen LogP contribution in [0.4, 0.5) is 5.13 Å².